The zero-order chi connectivity index (χ0) is 29.5. The van der Waals surface area contributed by atoms with E-state index in [2.05, 4.69) is 4.90 Å². The molecule has 0 aromatic heterocycles. The third kappa shape index (κ3) is 7.15. The van der Waals surface area contributed by atoms with Crippen molar-refractivity contribution < 1.29 is 28.5 Å². The molecule has 0 fully saturated rings. The number of rotatable bonds is 11. The van der Waals surface area contributed by atoms with Gasteiger partial charge in [0.15, 0.2) is 17.6 Å². The molecule has 1 amide bonds. The van der Waals surface area contributed by atoms with Crippen molar-refractivity contribution in [1.29, 1.82) is 0 Å². The Balaban J connectivity index is 1.57. The molecule has 0 bridgehead atoms. The van der Waals surface area contributed by atoms with E-state index in [0.29, 0.717) is 18.0 Å². The molecule has 1 aliphatic heterocycles. The zero-order valence-corrected chi connectivity index (χ0v) is 25.3. The number of thioether (sulfide) groups is 1. The van der Waals surface area contributed by atoms with Gasteiger partial charge < -0.3 is 28.7 Å². The summed E-state index contributed by atoms with van der Waals surface area (Å²) in [4.78, 5) is 31.4. The number of esters is 1. The third-order valence-electron chi connectivity index (χ3n) is 7.12. The minimum Gasteiger partial charge on any atom is -0.497 e. The summed E-state index contributed by atoms with van der Waals surface area (Å²) in [5.41, 5.74) is 2.83. The molecule has 0 saturated carbocycles. The maximum Gasteiger partial charge on any atom is 0.303 e. The largest absolute Gasteiger partial charge is 0.497 e. The van der Waals surface area contributed by atoms with Crippen LogP contribution < -0.4 is 19.1 Å². The van der Waals surface area contributed by atoms with Gasteiger partial charge in [0.25, 0.3) is 5.91 Å². The lowest BCUT2D eigenvalue weighted by Gasteiger charge is -2.34. The molecule has 4 rings (SSSR count). The van der Waals surface area contributed by atoms with Crippen LogP contribution in [0.2, 0.25) is 0 Å². The van der Waals surface area contributed by atoms with Gasteiger partial charge in [0.05, 0.1) is 32.3 Å². The first-order chi connectivity index (χ1) is 19.7. The lowest BCUT2D eigenvalue weighted by Crippen LogP contribution is -2.50. The van der Waals surface area contributed by atoms with Gasteiger partial charge in [-0.25, -0.2) is 0 Å². The van der Waals surface area contributed by atoms with Crippen molar-refractivity contribution in [3.05, 3.63) is 77.9 Å². The van der Waals surface area contributed by atoms with Crippen LogP contribution in [-0.4, -0.2) is 70.4 Å². The van der Waals surface area contributed by atoms with Crippen LogP contribution in [0.15, 0.2) is 71.6 Å². The smallest absolute Gasteiger partial charge is 0.303 e. The minimum absolute atomic E-state index is 0.188. The quantitative estimate of drug-likeness (QED) is 0.281. The Labute approximate surface area is 246 Å². The highest BCUT2D eigenvalue weighted by Crippen LogP contribution is 2.47. The molecule has 2 unspecified atom stereocenters. The molecular weight excluding hydrogens is 540 g/mol. The molecular formula is C32H38N2O6S. The standard InChI is InChI=1S/C32H38N2O6S/c1-21(20-33(3)18-17-23-11-16-27(38-5)28(19-23)39-6)34-26-9-7-8-10-29(26)41-31(30(32(34)36)40-22(2)35)24-12-14-25(37-4)15-13-24/h7-16,19,21,30-31H,17-18,20H2,1-6H3/t21-,30?,31?/m0/s1. The van der Waals surface area contributed by atoms with Crippen molar-refractivity contribution in [2.24, 2.45) is 0 Å². The molecule has 1 aliphatic rings. The van der Waals surface area contributed by atoms with Crippen LogP contribution in [0.4, 0.5) is 5.69 Å². The lowest BCUT2D eigenvalue weighted by molar-refractivity contribution is -0.153. The van der Waals surface area contributed by atoms with Gasteiger partial charge in [0.2, 0.25) is 0 Å². The van der Waals surface area contributed by atoms with E-state index in [4.69, 9.17) is 18.9 Å². The Kier molecular flexibility index (Phi) is 10.2. The predicted octanol–water partition coefficient (Wildman–Crippen LogP) is 5.39. The molecule has 0 aliphatic carbocycles. The van der Waals surface area contributed by atoms with Gasteiger partial charge in [-0.05, 0) is 67.9 Å². The van der Waals surface area contributed by atoms with Gasteiger partial charge in [-0.3, -0.25) is 9.59 Å². The number of methoxy groups -OCH3 is 3. The van der Waals surface area contributed by atoms with E-state index in [1.807, 2.05) is 80.7 Å². The SMILES string of the molecule is COc1ccc(C2Sc3ccccc3N([C@@H](C)CN(C)CCc3ccc(OC)c(OC)c3)C(=O)C2OC(C)=O)cc1. The maximum absolute atomic E-state index is 14.3. The molecule has 9 heteroatoms. The van der Waals surface area contributed by atoms with Crippen LogP contribution in [0.1, 0.15) is 30.2 Å². The summed E-state index contributed by atoms with van der Waals surface area (Å²) >= 11 is 1.54. The number of amides is 1. The first-order valence-corrected chi connectivity index (χ1v) is 14.4. The summed E-state index contributed by atoms with van der Waals surface area (Å²) in [5.74, 6) is 1.39. The van der Waals surface area contributed by atoms with Gasteiger partial charge in [-0.1, -0.05) is 30.3 Å². The molecule has 8 nitrogen and oxygen atoms in total. The van der Waals surface area contributed by atoms with E-state index in [0.717, 1.165) is 40.4 Å². The van der Waals surface area contributed by atoms with E-state index in [1.165, 1.54) is 18.7 Å². The first kappa shape index (κ1) is 30.3. The Hall–Kier alpha value is -3.69. The van der Waals surface area contributed by atoms with Crippen LogP contribution >= 0.6 is 11.8 Å². The average molecular weight is 579 g/mol. The number of carbonyl (C=O) groups is 2. The summed E-state index contributed by atoms with van der Waals surface area (Å²) in [5, 5.41) is -0.418. The second-order valence-electron chi connectivity index (χ2n) is 10.1. The number of hydrogen-bond acceptors (Lipinski definition) is 8. The number of nitrogens with zero attached hydrogens (tertiary/aromatic N) is 2. The number of carbonyl (C=O) groups excluding carboxylic acids is 2. The van der Waals surface area contributed by atoms with E-state index in [9.17, 15) is 9.59 Å². The topological polar surface area (TPSA) is 77.5 Å². The van der Waals surface area contributed by atoms with E-state index >= 15 is 0 Å². The second kappa shape index (κ2) is 13.8. The van der Waals surface area contributed by atoms with Crippen molar-refractivity contribution in [3.63, 3.8) is 0 Å². The molecule has 3 aromatic rings. The fourth-order valence-electron chi connectivity index (χ4n) is 5.10. The van der Waals surface area contributed by atoms with Gasteiger partial charge in [0.1, 0.15) is 5.75 Å². The monoisotopic (exact) mass is 578 g/mol. The Morgan fingerprint density at radius 3 is 2.34 bits per heavy atom. The van der Waals surface area contributed by atoms with Crippen LogP contribution in [0.25, 0.3) is 0 Å². The number of anilines is 1. The number of ether oxygens (including phenoxy) is 4. The Morgan fingerprint density at radius 2 is 1.68 bits per heavy atom. The van der Waals surface area contributed by atoms with E-state index in [-0.39, 0.29) is 11.9 Å². The first-order valence-electron chi connectivity index (χ1n) is 13.5. The third-order valence-corrected chi connectivity index (χ3v) is 8.49. The highest BCUT2D eigenvalue weighted by Gasteiger charge is 2.42. The molecule has 41 heavy (non-hydrogen) atoms. The fourth-order valence-corrected chi connectivity index (χ4v) is 6.41. The number of fused-ring (bicyclic) bond motifs is 1. The summed E-state index contributed by atoms with van der Waals surface area (Å²) in [6.07, 6.45) is -0.183. The van der Waals surface area contributed by atoms with Gasteiger partial charge >= 0.3 is 5.97 Å². The molecule has 0 radical (unpaired) electrons. The second-order valence-corrected chi connectivity index (χ2v) is 11.3. The van der Waals surface area contributed by atoms with Gasteiger partial charge in [0, 0.05) is 31.0 Å². The minimum atomic E-state index is -0.988. The molecule has 3 atom stereocenters. The molecule has 0 spiro atoms. The molecule has 218 valence electrons. The highest BCUT2D eigenvalue weighted by atomic mass is 32.2. The Morgan fingerprint density at radius 1 is 0.976 bits per heavy atom. The van der Waals surface area contributed by atoms with Crippen molar-refractivity contribution in [2.75, 3.05) is 46.4 Å². The van der Waals surface area contributed by atoms with Crippen LogP contribution in [-0.2, 0) is 20.7 Å². The van der Waals surface area contributed by atoms with E-state index in [1.54, 1.807) is 26.2 Å². The van der Waals surface area contributed by atoms with Crippen LogP contribution in [0.5, 0.6) is 17.2 Å². The molecule has 0 N–H and O–H groups in total. The van der Waals surface area contributed by atoms with Crippen molar-refractivity contribution >= 4 is 29.3 Å². The van der Waals surface area contributed by atoms with E-state index < -0.39 is 17.3 Å². The Bertz CT molecular complexity index is 1350. The van der Waals surface area contributed by atoms with Crippen molar-refractivity contribution in [3.8, 4) is 17.2 Å². The number of para-hydroxylation sites is 1. The number of likely N-dealkylation sites (N-methyl/N-ethyl adjacent to an activating group) is 1. The predicted molar refractivity (Wildman–Crippen MR) is 161 cm³/mol. The summed E-state index contributed by atoms with van der Waals surface area (Å²) in [6, 6.07) is 21.2. The number of hydrogen-bond donors (Lipinski definition) is 0. The maximum atomic E-state index is 14.3. The summed E-state index contributed by atoms with van der Waals surface area (Å²) in [6.45, 7) is 4.78. The van der Waals surface area contributed by atoms with Crippen LogP contribution in [0.3, 0.4) is 0 Å². The zero-order valence-electron chi connectivity index (χ0n) is 24.5. The summed E-state index contributed by atoms with van der Waals surface area (Å²) < 4.78 is 21.9. The van der Waals surface area contributed by atoms with Crippen molar-refractivity contribution in [1.82, 2.24) is 4.90 Å². The summed E-state index contributed by atoms with van der Waals surface area (Å²) in [7, 11) is 6.91. The normalized spacial score (nSPS) is 17.4. The molecule has 1 heterocycles. The lowest BCUT2D eigenvalue weighted by atomic mass is 10.0. The van der Waals surface area contributed by atoms with Crippen LogP contribution in [0, 0.1) is 0 Å². The highest BCUT2D eigenvalue weighted by molar-refractivity contribution is 7.99. The van der Waals surface area contributed by atoms with Gasteiger partial charge in [-0.15, -0.1) is 11.8 Å². The fraction of sp³-hybridized carbons (Fsp3) is 0.375. The molecule has 3 aromatic carbocycles. The molecule has 0 saturated heterocycles. The average Bonchev–Trinajstić information content (AvgIpc) is 3.09. The van der Waals surface area contributed by atoms with Gasteiger partial charge in [-0.2, -0.15) is 0 Å². The number of benzene rings is 3. The van der Waals surface area contributed by atoms with Crippen molar-refractivity contribution in [2.45, 2.75) is 42.6 Å².